The molecule has 2 N–H and O–H groups in total. The fraction of sp³-hybridized carbons (Fsp3) is 0.300. The highest BCUT2D eigenvalue weighted by Gasteiger charge is 2.18. The lowest BCUT2D eigenvalue weighted by Gasteiger charge is -2.16. The molecule has 0 saturated heterocycles. The summed E-state index contributed by atoms with van der Waals surface area (Å²) in [5.41, 5.74) is 0.957. The van der Waals surface area contributed by atoms with Crippen LogP contribution in [0.15, 0.2) is 30.3 Å². The van der Waals surface area contributed by atoms with Gasteiger partial charge in [0.15, 0.2) is 11.5 Å². The highest BCUT2D eigenvalue weighted by atomic mass is 16.5. The van der Waals surface area contributed by atoms with E-state index in [1.807, 2.05) is 0 Å². The molecule has 2 aromatic rings. The summed E-state index contributed by atoms with van der Waals surface area (Å²) in [4.78, 5) is 24.7. The van der Waals surface area contributed by atoms with Crippen molar-refractivity contribution in [1.82, 2.24) is 0 Å². The van der Waals surface area contributed by atoms with E-state index < -0.39 is 12.0 Å². The van der Waals surface area contributed by atoms with E-state index >= 15 is 0 Å². The molecule has 9 nitrogen and oxygen atoms in total. The summed E-state index contributed by atoms with van der Waals surface area (Å²) in [6, 6.07) is 7.89. The van der Waals surface area contributed by atoms with Crippen LogP contribution in [0.5, 0.6) is 23.0 Å². The summed E-state index contributed by atoms with van der Waals surface area (Å²) in [5, 5.41) is 5.33. The number of benzene rings is 2. The third-order valence-corrected chi connectivity index (χ3v) is 3.91. The quantitative estimate of drug-likeness (QED) is 0.693. The van der Waals surface area contributed by atoms with Crippen LogP contribution in [0.25, 0.3) is 0 Å². The Morgan fingerprint density at radius 1 is 0.828 bits per heavy atom. The number of rotatable bonds is 8. The van der Waals surface area contributed by atoms with Gasteiger partial charge in [-0.1, -0.05) is 0 Å². The van der Waals surface area contributed by atoms with Crippen molar-refractivity contribution in [1.29, 1.82) is 0 Å². The lowest BCUT2D eigenvalue weighted by Crippen LogP contribution is -2.17. The Morgan fingerprint density at radius 2 is 1.48 bits per heavy atom. The molecule has 156 valence electrons. The standard InChI is InChI=1S/C20H24N2O7/c1-6-29-20(24)22-15-11-13(25-2)7-8-14(15)21-19(23)12-9-16(26-3)18(28-5)17(10-12)27-4/h7-11H,6H2,1-5H3,(H,21,23)(H,22,24). The van der Waals surface area contributed by atoms with Crippen molar-refractivity contribution in [3.05, 3.63) is 35.9 Å². The van der Waals surface area contributed by atoms with E-state index in [4.69, 9.17) is 23.7 Å². The summed E-state index contributed by atoms with van der Waals surface area (Å²) >= 11 is 0. The number of methoxy groups -OCH3 is 4. The van der Waals surface area contributed by atoms with Gasteiger partial charge in [-0.15, -0.1) is 0 Å². The van der Waals surface area contributed by atoms with E-state index in [1.54, 1.807) is 25.1 Å². The zero-order chi connectivity index (χ0) is 21.4. The molecule has 0 bridgehead atoms. The molecule has 0 heterocycles. The van der Waals surface area contributed by atoms with Crippen molar-refractivity contribution >= 4 is 23.4 Å². The summed E-state index contributed by atoms with van der Waals surface area (Å²) in [6.07, 6.45) is -0.649. The predicted molar refractivity (Wildman–Crippen MR) is 108 cm³/mol. The molecule has 29 heavy (non-hydrogen) atoms. The van der Waals surface area contributed by atoms with Crippen LogP contribution in [-0.4, -0.2) is 47.0 Å². The van der Waals surface area contributed by atoms with Gasteiger partial charge in [-0.25, -0.2) is 4.79 Å². The van der Waals surface area contributed by atoms with Crippen LogP contribution in [0.2, 0.25) is 0 Å². The van der Waals surface area contributed by atoms with Crippen molar-refractivity contribution in [3.63, 3.8) is 0 Å². The summed E-state index contributed by atoms with van der Waals surface area (Å²) in [6.45, 7) is 1.90. The van der Waals surface area contributed by atoms with Crippen molar-refractivity contribution in [2.75, 3.05) is 45.7 Å². The van der Waals surface area contributed by atoms with Gasteiger partial charge in [0.1, 0.15) is 5.75 Å². The number of nitrogens with one attached hydrogen (secondary N) is 2. The van der Waals surface area contributed by atoms with E-state index in [-0.39, 0.29) is 12.2 Å². The van der Waals surface area contributed by atoms with E-state index in [0.29, 0.717) is 34.4 Å². The first-order valence-corrected chi connectivity index (χ1v) is 8.70. The summed E-state index contributed by atoms with van der Waals surface area (Å²) in [7, 11) is 5.90. The van der Waals surface area contributed by atoms with Crippen molar-refractivity contribution < 1.29 is 33.3 Å². The molecule has 2 aromatic carbocycles. The average molecular weight is 404 g/mol. The van der Waals surface area contributed by atoms with Gasteiger partial charge in [0, 0.05) is 11.6 Å². The van der Waals surface area contributed by atoms with Crippen LogP contribution < -0.4 is 29.6 Å². The number of anilines is 2. The van der Waals surface area contributed by atoms with Crippen molar-refractivity contribution in [2.24, 2.45) is 0 Å². The van der Waals surface area contributed by atoms with Crippen molar-refractivity contribution in [2.45, 2.75) is 6.92 Å². The molecule has 0 atom stereocenters. The smallest absolute Gasteiger partial charge is 0.411 e. The van der Waals surface area contributed by atoms with Crippen LogP contribution in [0.1, 0.15) is 17.3 Å². The largest absolute Gasteiger partial charge is 0.497 e. The fourth-order valence-electron chi connectivity index (χ4n) is 2.55. The molecular weight excluding hydrogens is 380 g/mol. The molecule has 0 aliphatic rings. The minimum atomic E-state index is -0.649. The monoisotopic (exact) mass is 404 g/mol. The fourth-order valence-corrected chi connectivity index (χ4v) is 2.55. The second kappa shape index (κ2) is 10.1. The SMILES string of the molecule is CCOC(=O)Nc1cc(OC)ccc1NC(=O)c1cc(OC)c(OC)c(OC)c1. The zero-order valence-electron chi connectivity index (χ0n) is 17.0. The molecule has 2 amide bonds. The Kier molecular flexibility index (Phi) is 7.53. The summed E-state index contributed by atoms with van der Waals surface area (Å²) in [5.74, 6) is 1.12. The topological polar surface area (TPSA) is 104 Å². The lowest BCUT2D eigenvalue weighted by atomic mass is 10.1. The summed E-state index contributed by atoms with van der Waals surface area (Å²) < 4.78 is 25.9. The highest BCUT2D eigenvalue weighted by molar-refractivity contribution is 6.07. The van der Waals surface area contributed by atoms with Gasteiger partial charge in [-0.2, -0.15) is 0 Å². The van der Waals surface area contributed by atoms with Gasteiger partial charge < -0.3 is 29.0 Å². The van der Waals surface area contributed by atoms with Crippen LogP contribution >= 0.6 is 0 Å². The second-order valence-electron chi connectivity index (χ2n) is 5.63. The molecular formula is C20H24N2O7. The molecule has 0 unspecified atom stereocenters. The molecule has 0 saturated carbocycles. The Hall–Kier alpha value is -3.62. The van der Waals surface area contributed by atoms with Gasteiger partial charge in [0.05, 0.1) is 46.4 Å². The maximum absolute atomic E-state index is 12.8. The number of carbonyl (C=O) groups excluding carboxylic acids is 2. The second-order valence-corrected chi connectivity index (χ2v) is 5.63. The third kappa shape index (κ3) is 5.22. The van der Waals surface area contributed by atoms with Crippen molar-refractivity contribution in [3.8, 4) is 23.0 Å². The molecule has 0 aromatic heterocycles. The Balaban J connectivity index is 2.36. The Labute approximate surface area is 168 Å². The normalized spacial score (nSPS) is 9.97. The average Bonchev–Trinajstić information content (AvgIpc) is 2.73. The Morgan fingerprint density at radius 3 is 2.00 bits per heavy atom. The third-order valence-electron chi connectivity index (χ3n) is 3.91. The molecule has 0 aliphatic heterocycles. The molecule has 0 fully saturated rings. The van der Waals surface area contributed by atoms with Crippen LogP contribution in [0, 0.1) is 0 Å². The first kappa shape index (κ1) is 21.7. The highest BCUT2D eigenvalue weighted by Crippen LogP contribution is 2.38. The maximum Gasteiger partial charge on any atom is 0.411 e. The molecule has 9 heteroatoms. The Bertz CT molecular complexity index is 858. The predicted octanol–water partition coefficient (Wildman–Crippen LogP) is 3.54. The molecule has 0 radical (unpaired) electrons. The lowest BCUT2D eigenvalue weighted by molar-refractivity contribution is 0.102. The zero-order valence-corrected chi connectivity index (χ0v) is 17.0. The van der Waals surface area contributed by atoms with Crippen LogP contribution in [0.4, 0.5) is 16.2 Å². The maximum atomic E-state index is 12.8. The van der Waals surface area contributed by atoms with E-state index in [9.17, 15) is 9.59 Å². The number of ether oxygens (including phenoxy) is 5. The number of amides is 2. The minimum absolute atomic E-state index is 0.211. The first-order valence-electron chi connectivity index (χ1n) is 8.70. The van der Waals surface area contributed by atoms with Gasteiger partial charge in [-0.05, 0) is 31.2 Å². The van der Waals surface area contributed by atoms with Gasteiger partial charge in [0.25, 0.3) is 5.91 Å². The van der Waals surface area contributed by atoms with Gasteiger partial charge in [0.2, 0.25) is 5.75 Å². The number of hydrogen-bond acceptors (Lipinski definition) is 7. The van der Waals surface area contributed by atoms with E-state index in [0.717, 1.165) is 0 Å². The molecule has 2 rings (SSSR count). The minimum Gasteiger partial charge on any atom is -0.497 e. The van der Waals surface area contributed by atoms with Crippen LogP contribution in [0.3, 0.4) is 0 Å². The molecule has 0 spiro atoms. The number of carbonyl (C=O) groups is 2. The number of hydrogen-bond donors (Lipinski definition) is 2. The van der Waals surface area contributed by atoms with E-state index in [2.05, 4.69) is 10.6 Å². The van der Waals surface area contributed by atoms with Gasteiger partial charge >= 0.3 is 6.09 Å². The first-order chi connectivity index (χ1) is 14.0. The van der Waals surface area contributed by atoms with Crippen LogP contribution in [-0.2, 0) is 4.74 Å². The molecule has 0 aliphatic carbocycles. The van der Waals surface area contributed by atoms with Gasteiger partial charge in [-0.3, -0.25) is 10.1 Å². The van der Waals surface area contributed by atoms with E-state index in [1.165, 1.54) is 40.6 Å².